The van der Waals surface area contributed by atoms with Crippen LogP contribution in [-0.4, -0.2) is 7.05 Å². The zero-order chi connectivity index (χ0) is 14.9. The molecule has 1 atom stereocenters. The average molecular weight is 448 g/mol. The van der Waals surface area contributed by atoms with Gasteiger partial charge in [-0.05, 0) is 83.9 Å². The van der Waals surface area contributed by atoms with Crippen molar-refractivity contribution in [2.24, 2.45) is 0 Å². The van der Waals surface area contributed by atoms with Crippen molar-refractivity contribution < 1.29 is 4.39 Å². The number of nitrogens with one attached hydrogen (secondary N) is 1. The van der Waals surface area contributed by atoms with Crippen molar-refractivity contribution in [2.45, 2.75) is 19.9 Å². The van der Waals surface area contributed by atoms with Crippen LogP contribution in [0.15, 0.2) is 34.8 Å². The molecule has 0 heterocycles. The molecule has 1 nitrogen and oxygen atoms in total. The van der Waals surface area contributed by atoms with E-state index in [0.29, 0.717) is 0 Å². The molecule has 0 saturated carbocycles. The van der Waals surface area contributed by atoms with Gasteiger partial charge in [0.15, 0.2) is 0 Å². The van der Waals surface area contributed by atoms with Crippen LogP contribution in [0.5, 0.6) is 0 Å². The number of benzene rings is 2. The quantitative estimate of drug-likeness (QED) is 0.644. The number of rotatable bonds is 3. The standard InChI is InChI=1S/C16H16BrFIN/c1-9-7-14(17)10(2)6-13(9)16(20-3)12-5-4-11(18)8-15(12)19/h4-8,16,20H,1-3H3. The molecule has 2 aromatic rings. The molecule has 0 aliphatic heterocycles. The third-order valence-corrected chi connectivity index (χ3v) is 5.21. The van der Waals surface area contributed by atoms with Crippen molar-refractivity contribution in [3.05, 3.63) is 66.4 Å². The van der Waals surface area contributed by atoms with Crippen molar-refractivity contribution in [1.82, 2.24) is 5.32 Å². The fourth-order valence-electron chi connectivity index (χ4n) is 2.33. The summed E-state index contributed by atoms with van der Waals surface area (Å²) in [5.41, 5.74) is 4.72. The number of hydrogen-bond donors (Lipinski definition) is 1. The van der Waals surface area contributed by atoms with Crippen LogP contribution in [0.2, 0.25) is 0 Å². The molecule has 0 aromatic heterocycles. The van der Waals surface area contributed by atoms with Crippen molar-refractivity contribution in [3.8, 4) is 0 Å². The second-order valence-electron chi connectivity index (χ2n) is 4.85. The van der Waals surface area contributed by atoms with Crippen LogP contribution in [0, 0.1) is 23.2 Å². The highest BCUT2D eigenvalue weighted by Gasteiger charge is 2.18. The Labute approximate surface area is 141 Å². The summed E-state index contributed by atoms with van der Waals surface area (Å²) < 4.78 is 15.3. The van der Waals surface area contributed by atoms with Crippen LogP contribution in [0.1, 0.15) is 28.3 Å². The summed E-state index contributed by atoms with van der Waals surface area (Å²) in [4.78, 5) is 0. The van der Waals surface area contributed by atoms with E-state index in [2.05, 4.69) is 69.8 Å². The Kier molecular flexibility index (Phi) is 5.20. The van der Waals surface area contributed by atoms with E-state index >= 15 is 0 Å². The van der Waals surface area contributed by atoms with E-state index in [0.717, 1.165) is 13.6 Å². The summed E-state index contributed by atoms with van der Waals surface area (Å²) in [5, 5.41) is 3.34. The van der Waals surface area contributed by atoms with Crippen LogP contribution < -0.4 is 5.32 Å². The fourth-order valence-corrected chi connectivity index (χ4v) is 3.57. The largest absolute Gasteiger partial charge is 0.309 e. The van der Waals surface area contributed by atoms with E-state index in [1.165, 1.54) is 22.8 Å². The van der Waals surface area contributed by atoms with Crippen molar-refractivity contribution in [3.63, 3.8) is 0 Å². The van der Waals surface area contributed by atoms with Gasteiger partial charge in [0.05, 0.1) is 6.04 Å². The topological polar surface area (TPSA) is 12.0 Å². The lowest BCUT2D eigenvalue weighted by Crippen LogP contribution is -2.20. The van der Waals surface area contributed by atoms with E-state index in [4.69, 9.17) is 0 Å². The molecular weight excluding hydrogens is 432 g/mol. The molecule has 0 saturated heterocycles. The third-order valence-electron chi connectivity index (χ3n) is 3.42. The maximum Gasteiger partial charge on any atom is 0.124 e. The minimum absolute atomic E-state index is 0.0642. The highest BCUT2D eigenvalue weighted by molar-refractivity contribution is 14.1. The summed E-state index contributed by atoms with van der Waals surface area (Å²) in [6.45, 7) is 4.18. The summed E-state index contributed by atoms with van der Waals surface area (Å²) in [7, 11) is 1.93. The van der Waals surface area contributed by atoms with Crippen LogP contribution >= 0.6 is 38.5 Å². The predicted molar refractivity (Wildman–Crippen MR) is 93.6 cm³/mol. The molecular formula is C16H16BrFIN. The molecule has 0 amide bonds. The number of hydrogen-bond acceptors (Lipinski definition) is 1. The first-order valence-corrected chi connectivity index (χ1v) is 8.20. The molecule has 2 aromatic carbocycles. The molecule has 1 N–H and O–H groups in total. The van der Waals surface area contributed by atoms with Gasteiger partial charge in [0, 0.05) is 8.04 Å². The van der Waals surface area contributed by atoms with Gasteiger partial charge < -0.3 is 5.32 Å². The predicted octanol–water partition coefficient (Wildman–Crippen LogP) is 5.12. The van der Waals surface area contributed by atoms with E-state index < -0.39 is 0 Å². The van der Waals surface area contributed by atoms with Crippen molar-refractivity contribution >= 4 is 38.5 Å². The van der Waals surface area contributed by atoms with Gasteiger partial charge in [-0.3, -0.25) is 0 Å². The molecule has 0 fully saturated rings. The second kappa shape index (κ2) is 6.54. The molecule has 20 heavy (non-hydrogen) atoms. The Bertz CT molecular complexity index is 643. The van der Waals surface area contributed by atoms with Gasteiger partial charge in [-0.15, -0.1) is 0 Å². The maximum absolute atomic E-state index is 13.3. The van der Waals surface area contributed by atoms with Crippen LogP contribution in [0.25, 0.3) is 0 Å². The Balaban J connectivity index is 2.55. The highest BCUT2D eigenvalue weighted by atomic mass is 127. The molecule has 0 spiro atoms. The lowest BCUT2D eigenvalue weighted by molar-refractivity contribution is 0.621. The normalized spacial score (nSPS) is 12.5. The number of halogens is 3. The zero-order valence-electron chi connectivity index (χ0n) is 11.6. The van der Waals surface area contributed by atoms with Gasteiger partial charge in [0.25, 0.3) is 0 Å². The van der Waals surface area contributed by atoms with E-state index in [1.807, 2.05) is 13.1 Å². The SMILES string of the molecule is CNC(c1cc(C)c(Br)cc1C)c1ccc(F)cc1I. The number of aryl methyl sites for hydroxylation is 2. The van der Waals surface area contributed by atoms with Crippen LogP contribution in [0.3, 0.4) is 0 Å². The van der Waals surface area contributed by atoms with Gasteiger partial charge in [-0.1, -0.05) is 28.1 Å². The summed E-state index contributed by atoms with van der Waals surface area (Å²) in [6, 6.07) is 9.32. The molecule has 0 aliphatic carbocycles. The van der Waals surface area contributed by atoms with Crippen LogP contribution in [0.4, 0.5) is 4.39 Å². The smallest absolute Gasteiger partial charge is 0.124 e. The highest BCUT2D eigenvalue weighted by Crippen LogP contribution is 2.31. The lowest BCUT2D eigenvalue weighted by Gasteiger charge is -2.22. The minimum Gasteiger partial charge on any atom is -0.309 e. The first kappa shape index (κ1) is 15.9. The van der Waals surface area contributed by atoms with Gasteiger partial charge >= 0.3 is 0 Å². The Morgan fingerprint density at radius 2 is 1.80 bits per heavy atom. The first-order chi connectivity index (χ1) is 9.43. The van der Waals surface area contributed by atoms with E-state index in [9.17, 15) is 4.39 Å². The molecule has 106 valence electrons. The Morgan fingerprint density at radius 1 is 1.10 bits per heavy atom. The lowest BCUT2D eigenvalue weighted by atomic mass is 9.93. The van der Waals surface area contributed by atoms with Gasteiger partial charge in [-0.2, -0.15) is 0 Å². The molecule has 0 radical (unpaired) electrons. The third kappa shape index (κ3) is 3.23. The monoisotopic (exact) mass is 447 g/mol. The Morgan fingerprint density at radius 3 is 2.40 bits per heavy atom. The van der Waals surface area contributed by atoms with E-state index in [1.54, 1.807) is 6.07 Å². The fraction of sp³-hybridized carbons (Fsp3) is 0.250. The van der Waals surface area contributed by atoms with Gasteiger partial charge in [0.2, 0.25) is 0 Å². The summed E-state index contributed by atoms with van der Waals surface area (Å²) in [6.07, 6.45) is 0. The molecule has 1 unspecified atom stereocenters. The molecule has 0 aliphatic rings. The maximum atomic E-state index is 13.3. The molecule has 2 rings (SSSR count). The Hall–Kier alpha value is -0.460. The van der Waals surface area contributed by atoms with Gasteiger partial charge in [0.1, 0.15) is 5.82 Å². The second-order valence-corrected chi connectivity index (χ2v) is 6.86. The van der Waals surface area contributed by atoms with Crippen LogP contribution in [-0.2, 0) is 0 Å². The summed E-state index contributed by atoms with van der Waals surface area (Å²) in [5.74, 6) is -0.197. The molecule has 4 heteroatoms. The van der Waals surface area contributed by atoms with Crippen molar-refractivity contribution in [1.29, 1.82) is 0 Å². The average Bonchev–Trinajstić information content (AvgIpc) is 2.38. The van der Waals surface area contributed by atoms with E-state index in [-0.39, 0.29) is 11.9 Å². The summed E-state index contributed by atoms with van der Waals surface area (Å²) >= 11 is 5.75. The minimum atomic E-state index is -0.197. The molecule has 0 bridgehead atoms. The zero-order valence-corrected chi connectivity index (χ0v) is 15.3. The van der Waals surface area contributed by atoms with Gasteiger partial charge in [-0.25, -0.2) is 4.39 Å². The first-order valence-electron chi connectivity index (χ1n) is 6.33. The van der Waals surface area contributed by atoms with Crippen molar-refractivity contribution in [2.75, 3.05) is 7.05 Å².